The van der Waals surface area contributed by atoms with Crippen molar-refractivity contribution in [3.63, 3.8) is 0 Å². The van der Waals surface area contributed by atoms with Gasteiger partial charge in [-0.05, 0) is 61.5 Å². The third-order valence-corrected chi connectivity index (χ3v) is 5.07. The van der Waals surface area contributed by atoms with Gasteiger partial charge in [0.05, 0.1) is 22.5 Å². The van der Waals surface area contributed by atoms with Crippen molar-refractivity contribution in [1.82, 2.24) is 0 Å². The molecule has 0 unspecified atom stereocenters. The molecule has 2 amide bonds. The molecule has 4 rings (SSSR count). The quantitative estimate of drug-likeness (QED) is 0.308. The molecule has 0 aromatic heterocycles. The molecule has 0 saturated carbocycles. The molecule has 3 aromatic rings. The lowest BCUT2D eigenvalue weighted by Gasteiger charge is -2.11. The van der Waals surface area contributed by atoms with Crippen molar-refractivity contribution < 1.29 is 19.5 Å². The predicted octanol–water partition coefficient (Wildman–Crippen LogP) is 4.01. The number of rotatable bonds is 5. The van der Waals surface area contributed by atoms with Crippen LogP contribution < -0.4 is 21.7 Å². The van der Waals surface area contributed by atoms with Crippen LogP contribution in [0.15, 0.2) is 72.4 Å². The van der Waals surface area contributed by atoms with Crippen LogP contribution >= 0.6 is 0 Å². The fourth-order valence-corrected chi connectivity index (χ4v) is 3.46. The molecule has 160 valence electrons. The second-order valence-electron chi connectivity index (χ2n) is 7.26. The lowest BCUT2D eigenvalue weighted by atomic mass is 10.0. The molecule has 0 saturated heterocycles. The fourth-order valence-electron chi connectivity index (χ4n) is 3.46. The predicted molar refractivity (Wildman–Crippen MR) is 123 cm³/mol. The van der Waals surface area contributed by atoms with Crippen LogP contribution in [0.5, 0.6) is 0 Å². The van der Waals surface area contributed by atoms with Crippen molar-refractivity contribution in [1.29, 1.82) is 0 Å². The Kier molecular flexibility index (Phi) is 5.34. The van der Waals surface area contributed by atoms with Crippen LogP contribution in [-0.4, -0.2) is 22.9 Å². The number of carboxylic acids is 1. The van der Waals surface area contributed by atoms with E-state index in [0.717, 1.165) is 0 Å². The Morgan fingerprint density at radius 1 is 0.938 bits per heavy atom. The van der Waals surface area contributed by atoms with Crippen molar-refractivity contribution in [2.45, 2.75) is 6.92 Å². The van der Waals surface area contributed by atoms with E-state index in [2.05, 4.69) is 16.0 Å². The average molecular weight is 428 g/mol. The van der Waals surface area contributed by atoms with E-state index in [0.29, 0.717) is 45.1 Å². The summed E-state index contributed by atoms with van der Waals surface area (Å²) >= 11 is 0. The molecule has 0 fully saturated rings. The first kappa shape index (κ1) is 20.7. The van der Waals surface area contributed by atoms with Gasteiger partial charge in [-0.3, -0.25) is 9.59 Å². The number of para-hydroxylation sites is 2. The van der Waals surface area contributed by atoms with E-state index in [-0.39, 0.29) is 17.4 Å². The van der Waals surface area contributed by atoms with Crippen LogP contribution in [0.4, 0.5) is 22.7 Å². The zero-order valence-corrected chi connectivity index (χ0v) is 17.1. The molecule has 1 aliphatic rings. The minimum atomic E-state index is -1.07. The van der Waals surface area contributed by atoms with E-state index in [1.54, 1.807) is 61.5 Å². The highest BCUT2D eigenvalue weighted by molar-refractivity contribution is 6.32. The topological polar surface area (TPSA) is 134 Å². The zero-order chi connectivity index (χ0) is 22.8. The Labute approximate surface area is 183 Å². The maximum atomic E-state index is 12.5. The van der Waals surface area contributed by atoms with Crippen LogP contribution in [0.1, 0.15) is 33.2 Å². The van der Waals surface area contributed by atoms with Gasteiger partial charge in [-0.2, -0.15) is 0 Å². The fraction of sp³-hybridized carbons (Fsp3) is 0.0417. The number of nitrogens with one attached hydrogen (secondary N) is 3. The number of carbonyl (C=O) groups is 3. The lowest BCUT2D eigenvalue weighted by Crippen LogP contribution is -2.13. The molecule has 0 atom stereocenters. The second kappa shape index (κ2) is 8.27. The molecule has 32 heavy (non-hydrogen) atoms. The van der Waals surface area contributed by atoms with Gasteiger partial charge in [-0.15, -0.1) is 0 Å². The monoisotopic (exact) mass is 428 g/mol. The number of nitrogen functional groups attached to an aromatic ring is 1. The summed E-state index contributed by atoms with van der Waals surface area (Å²) in [6, 6.07) is 18.2. The number of aromatic carboxylic acids is 1. The molecule has 0 radical (unpaired) electrons. The largest absolute Gasteiger partial charge is 0.478 e. The van der Waals surface area contributed by atoms with E-state index < -0.39 is 5.97 Å². The summed E-state index contributed by atoms with van der Waals surface area (Å²) in [5.41, 5.74) is 10.1. The second-order valence-corrected chi connectivity index (χ2v) is 7.26. The minimum Gasteiger partial charge on any atom is -0.478 e. The number of allylic oxidation sites excluding steroid dienone is 1. The van der Waals surface area contributed by atoms with Crippen LogP contribution in [0.25, 0.3) is 5.57 Å². The SMILES string of the molecule is CC(Nc1ccc(C(=O)Nc2ccccc2N)cc1)=C1C(=O)Nc2ccc(C(=O)O)cc21. The van der Waals surface area contributed by atoms with E-state index in [1.807, 2.05) is 0 Å². The third kappa shape index (κ3) is 4.01. The summed E-state index contributed by atoms with van der Waals surface area (Å²) in [4.78, 5) is 36.2. The van der Waals surface area contributed by atoms with Crippen molar-refractivity contribution >= 4 is 46.1 Å². The standard InChI is InChI=1S/C24H20N4O4/c1-13(21-17-12-15(24(31)32)8-11-19(17)27-23(21)30)26-16-9-6-14(7-10-16)22(29)28-20-5-3-2-4-18(20)25/h2-12,26H,25H2,1H3,(H,27,30)(H,28,29)(H,31,32). The highest BCUT2D eigenvalue weighted by Gasteiger charge is 2.27. The van der Waals surface area contributed by atoms with Gasteiger partial charge in [0.25, 0.3) is 11.8 Å². The number of benzene rings is 3. The van der Waals surface area contributed by atoms with Crippen LogP contribution in [0.3, 0.4) is 0 Å². The van der Waals surface area contributed by atoms with Crippen molar-refractivity contribution in [2.24, 2.45) is 0 Å². The van der Waals surface area contributed by atoms with Gasteiger partial charge < -0.3 is 26.8 Å². The molecule has 1 aliphatic heterocycles. The highest BCUT2D eigenvalue weighted by atomic mass is 16.4. The summed E-state index contributed by atoms with van der Waals surface area (Å²) in [5, 5.41) is 17.9. The third-order valence-electron chi connectivity index (χ3n) is 5.07. The maximum Gasteiger partial charge on any atom is 0.335 e. The van der Waals surface area contributed by atoms with Gasteiger partial charge in [0.1, 0.15) is 0 Å². The molecule has 8 heteroatoms. The minimum absolute atomic E-state index is 0.0972. The van der Waals surface area contributed by atoms with Crippen molar-refractivity contribution in [2.75, 3.05) is 21.7 Å². The lowest BCUT2D eigenvalue weighted by molar-refractivity contribution is -0.110. The van der Waals surface area contributed by atoms with Crippen LogP contribution in [-0.2, 0) is 4.79 Å². The number of hydrogen-bond acceptors (Lipinski definition) is 5. The van der Waals surface area contributed by atoms with Gasteiger partial charge in [-0.1, -0.05) is 12.1 Å². The summed E-state index contributed by atoms with van der Waals surface area (Å²) in [6.07, 6.45) is 0. The molecule has 6 N–H and O–H groups in total. The van der Waals surface area contributed by atoms with Gasteiger partial charge in [0.2, 0.25) is 0 Å². The van der Waals surface area contributed by atoms with E-state index >= 15 is 0 Å². The Morgan fingerprint density at radius 3 is 2.31 bits per heavy atom. The Morgan fingerprint density at radius 2 is 1.62 bits per heavy atom. The number of carbonyl (C=O) groups excluding carboxylic acids is 2. The first-order valence-electron chi connectivity index (χ1n) is 9.76. The van der Waals surface area contributed by atoms with Gasteiger partial charge >= 0.3 is 5.97 Å². The van der Waals surface area contributed by atoms with Crippen molar-refractivity contribution in [3.8, 4) is 0 Å². The number of anilines is 4. The normalized spacial score (nSPS) is 13.7. The summed E-state index contributed by atoms with van der Waals surface area (Å²) in [7, 11) is 0. The number of fused-ring (bicyclic) bond motifs is 1. The Hall–Kier alpha value is -4.59. The summed E-state index contributed by atoms with van der Waals surface area (Å²) in [6.45, 7) is 1.73. The summed E-state index contributed by atoms with van der Waals surface area (Å²) < 4.78 is 0. The van der Waals surface area contributed by atoms with E-state index in [1.165, 1.54) is 12.1 Å². The average Bonchev–Trinajstić information content (AvgIpc) is 3.10. The Balaban J connectivity index is 1.54. The summed E-state index contributed by atoms with van der Waals surface area (Å²) in [5.74, 6) is -1.68. The molecule has 8 nitrogen and oxygen atoms in total. The smallest absolute Gasteiger partial charge is 0.335 e. The van der Waals surface area contributed by atoms with Crippen LogP contribution in [0.2, 0.25) is 0 Å². The Bertz CT molecular complexity index is 1280. The zero-order valence-electron chi connectivity index (χ0n) is 17.1. The van der Waals surface area contributed by atoms with Gasteiger partial charge in [0, 0.05) is 28.2 Å². The molecule has 3 aromatic carbocycles. The number of hydrogen-bond donors (Lipinski definition) is 5. The molecule has 0 aliphatic carbocycles. The van der Waals surface area contributed by atoms with E-state index in [4.69, 9.17) is 5.73 Å². The number of amides is 2. The maximum absolute atomic E-state index is 12.5. The molecule has 0 spiro atoms. The molecule has 0 bridgehead atoms. The van der Waals surface area contributed by atoms with Crippen LogP contribution in [0, 0.1) is 0 Å². The first-order chi connectivity index (χ1) is 15.3. The van der Waals surface area contributed by atoms with Gasteiger partial charge in [0.15, 0.2) is 0 Å². The molecular formula is C24H20N4O4. The first-order valence-corrected chi connectivity index (χ1v) is 9.76. The highest BCUT2D eigenvalue weighted by Crippen LogP contribution is 2.35. The van der Waals surface area contributed by atoms with Crippen molar-refractivity contribution in [3.05, 3.63) is 89.1 Å². The van der Waals surface area contributed by atoms with Gasteiger partial charge in [-0.25, -0.2) is 4.79 Å². The molecular weight excluding hydrogens is 408 g/mol. The molecule has 1 heterocycles. The number of carboxylic acid groups (broad SMARTS) is 1. The van der Waals surface area contributed by atoms with E-state index in [9.17, 15) is 19.5 Å². The number of nitrogens with two attached hydrogens (primary N) is 1.